The summed E-state index contributed by atoms with van der Waals surface area (Å²) < 4.78 is 39.8. The monoisotopic (exact) mass is 442 g/mol. The number of benzene rings is 2. The fourth-order valence-electron chi connectivity index (χ4n) is 3.83. The molecular formula is C22H23FN4O3S. The number of fused-ring (bicyclic) bond motifs is 1. The molecule has 0 fully saturated rings. The van der Waals surface area contributed by atoms with E-state index in [1.807, 2.05) is 25.1 Å². The average Bonchev–Trinajstić information content (AvgIpc) is 3.14. The zero-order valence-corrected chi connectivity index (χ0v) is 17.9. The number of aromatic nitrogens is 3. The third-order valence-corrected chi connectivity index (χ3v) is 7.31. The van der Waals surface area contributed by atoms with Crippen molar-refractivity contribution in [1.82, 2.24) is 20.1 Å². The summed E-state index contributed by atoms with van der Waals surface area (Å²) >= 11 is 0. The number of sulfone groups is 1. The summed E-state index contributed by atoms with van der Waals surface area (Å²) in [6.45, 7) is 2.67. The number of hydrogen-bond acceptors (Lipinski definition) is 5. The average molecular weight is 443 g/mol. The molecule has 1 atom stereocenters. The van der Waals surface area contributed by atoms with E-state index in [0.717, 1.165) is 48.7 Å². The van der Waals surface area contributed by atoms with E-state index < -0.39 is 15.7 Å². The van der Waals surface area contributed by atoms with E-state index in [2.05, 4.69) is 20.1 Å². The Morgan fingerprint density at radius 3 is 2.74 bits per heavy atom. The molecule has 0 spiro atoms. The van der Waals surface area contributed by atoms with Crippen molar-refractivity contribution in [3.8, 4) is 0 Å². The Balaban J connectivity index is 1.38. The number of carbonyl (C=O) groups excluding carboxylic acids is 1. The minimum Gasteiger partial charge on any atom is -0.351 e. The first-order valence-electron chi connectivity index (χ1n) is 10.1. The molecule has 31 heavy (non-hydrogen) atoms. The lowest BCUT2D eigenvalue weighted by atomic mass is 9.90. The lowest BCUT2D eigenvalue weighted by Gasteiger charge is -2.24. The second-order valence-electron chi connectivity index (χ2n) is 7.66. The zero-order chi connectivity index (χ0) is 22.0. The van der Waals surface area contributed by atoms with Crippen LogP contribution in [-0.4, -0.2) is 41.4 Å². The van der Waals surface area contributed by atoms with Gasteiger partial charge in [-0.15, -0.1) is 10.2 Å². The maximum absolute atomic E-state index is 13.0. The molecule has 0 unspecified atom stereocenters. The second kappa shape index (κ2) is 8.58. The molecule has 1 N–H and O–H groups in total. The predicted octanol–water partition coefficient (Wildman–Crippen LogP) is 2.66. The van der Waals surface area contributed by atoms with Crippen LogP contribution in [0.25, 0.3) is 0 Å². The Morgan fingerprint density at radius 2 is 1.97 bits per heavy atom. The number of nitrogens with zero attached hydrogens (tertiary/aromatic N) is 3. The first kappa shape index (κ1) is 21.2. The van der Waals surface area contributed by atoms with Gasteiger partial charge in [0.1, 0.15) is 17.5 Å². The van der Waals surface area contributed by atoms with E-state index >= 15 is 0 Å². The zero-order valence-electron chi connectivity index (χ0n) is 17.1. The molecule has 0 radical (unpaired) electrons. The van der Waals surface area contributed by atoms with Crippen LogP contribution >= 0.6 is 0 Å². The molecule has 7 nitrogen and oxygen atoms in total. The maximum atomic E-state index is 13.0. The summed E-state index contributed by atoms with van der Waals surface area (Å²) in [5.74, 6) is 1.05. The molecule has 9 heteroatoms. The van der Waals surface area contributed by atoms with E-state index in [-0.39, 0.29) is 29.0 Å². The van der Waals surface area contributed by atoms with Gasteiger partial charge >= 0.3 is 0 Å². The van der Waals surface area contributed by atoms with Crippen LogP contribution in [0.1, 0.15) is 39.9 Å². The Hall–Kier alpha value is -3.07. The van der Waals surface area contributed by atoms with Crippen LogP contribution in [0, 0.1) is 12.7 Å². The molecule has 162 valence electrons. The van der Waals surface area contributed by atoms with Gasteiger partial charge in [-0.3, -0.25) is 4.79 Å². The van der Waals surface area contributed by atoms with Gasteiger partial charge in [-0.25, -0.2) is 12.8 Å². The lowest BCUT2D eigenvalue weighted by molar-refractivity contribution is 0.0956. The van der Waals surface area contributed by atoms with Gasteiger partial charge in [0, 0.05) is 31.0 Å². The summed E-state index contributed by atoms with van der Waals surface area (Å²) in [5.41, 5.74) is 1.55. The van der Waals surface area contributed by atoms with Crippen molar-refractivity contribution in [2.45, 2.75) is 37.1 Å². The maximum Gasteiger partial charge on any atom is 0.251 e. The van der Waals surface area contributed by atoms with Crippen molar-refractivity contribution < 1.29 is 17.6 Å². The van der Waals surface area contributed by atoms with Crippen LogP contribution in [0.15, 0.2) is 53.4 Å². The highest BCUT2D eigenvalue weighted by Crippen LogP contribution is 2.29. The molecule has 4 rings (SSSR count). The molecule has 0 saturated heterocycles. The largest absolute Gasteiger partial charge is 0.351 e. The Morgan fingerprint density at radius 1 is 1.19 bits per heavy atom. The summed E-state index contributed by atoms with van der Waals surface area (Å²) in [6.07, 6.45) is 1.77. The third kappa shape index (κ3) is 4.66. The number of nitrogens with one attached hydrogen (secondary N) is 1. The molecule has 0 saturated carbocycles. The van der Waals surface area contributed by atoms with Crippen LogP contribution < -0.4 is 5.32 Å². The fraction of sp³-hybridized carbons (Fsp3) is 0.318. The van der Waals surface area contributed by atoms with Crippen molar-refractivity contribution in [2.75, 3.05) is 12.3 Å². The topological polar surface area (TPSA) is 93.9 Å². The van der Waals surface area contributed by atoms with Crippen LogP contribution in [-0.2, 0) is 22.8 Å². The minimum atomic E-state index is -3.60. The first-order valence-corrected chi connectivity index (χ1v) is 11.7. The van der Waals surface area contributed by atoms with Gasteiger partial charge in [0.05, 0.1) is 10.6 Å². The molecule has 0 bridgehead atoms. The lowest BCUT2D eigenvalue weighted by Crippen LogP contribution is -2.29. The van der Waals surface area contributed by atoms with Crippen LogP contribution in [0.3, 0.4) is 0 Å². The summed E-state index contributed by atoms with van der Waals surface area (Å²) in [5, 5.41) is 11.0. The van der Waals surface area contributed by atoms with E-state index in [1.54, 1.807) is 6.07 Å². The quantitative estimate of drug-likeness (QED) is 0.593. The number of carbonyl (C=O) groups is 1. The number of aryl methyl sites for hydroxylation is 2. The molecule has 1 aliphatic rings. The Labute approximate surface area is 180 Å². The third-order valence-electron chi connectivity index (χ3n) is 5.58. The molecule has 1 aliphatic heterocycles. The summed E-state index contributed by atoms with van der Waals surface area (Å²) in [6, 6.07) is 12.1. The normalized spacial score (nSPS) is 16.0. The van der Waals surface area contributed by atoms with E-state index in [1.165, 1.54) is 12.1 Å². The van der Waals surface area contributed by atoms with Crippen molar-refractivity contribution in [3.63, 3.8) is 0 Å². The summed E-state index contributed by atoms with van der Waals surface area (Å²) in [7, 11) is -3.60. The number of halogens is 1. The minimum absolute atomic E-state index is 0.0323. The van der Waals surface area contributed by atoms with Crippen molar-refractivity contribution >= 4 is 15.7 Å². The highest BCUT2D eigenvalue weighted by molar-refractivity contribution is 7.91. The first-order chi connectivity index (χ1) is 14.8. The molecule has 2 heterocycles. The summed E-state index contributed by atoms with van der Waals surface area (Å²) in [4.78, 5) is 12.6. The van der Waals surface area contributed by atoms with Crippen molar-refractivity contribution in [2.24, 2.45) is 0 Å². The molecule has 3 aromatic rings. The number of hydrogen-bond donors (Lipinski definition) is 1. The van der Waals surface area contributed by atoms with Gasteiger partial charge in [0.25, 0.3) is 5.91 Å². The van der Waals surface area contributed by atoms with Gasteiger partial charge < -0.3 is 9.88 Å². The molecule has 1 amide bonds. The van der Waals surface area contributed by atoms with Crippen molar-refractivity contribution in [1.29, 1.82) is 0 Å². The Bertz CT molecular complexity index is 1210. The van der Waals surface area contributed by atoms with Crippen LogP contribution in [0.5, 0.6) is 0 Å². The van der Waals surface area contributed by atoms with Gasteiger partial charge in [-0.2, -0.15) is 0 Å². The highest BCUT2D eigenvalue weighted by atomic mass is 32.2. The van der Waals surface area contributed by atoms with Crippen molar-refractivity contribution in [3.05, 3.63) is 77.1 Å². The van der Waals surface area contributed by atoms with E-state index in [4.69, 9.17) is 0 Å². The second-order valence-corrected chi connectivity index (χ2v) is 9.77. The highest BCUT2D eigenvalue weighted by Gasteiger charge is 2.23. The molecule has 0 aliphatic carbocycles. The number of rotatable bonds is 6. The predicted molar refractivity (Wildman–Crippen MR) is 113 cm³/mol. The van der Waals surface area contributed by atoms with Gasteiger partial charge in [-0.05, 0) is 55.3 Å². The van der Waals surface area contributed by atoms with Gasteiger partial charge in [0.15, 0.2) is 9.84 Å². The molecular weight excluding hydrogens is 419 g/mol. The standard InChI is InChI=1S/C22H23FN4O3S/c1-15-25-26-21-10-5-18(14-27(15)21)16-3-2-4-17(13-16)22(28)24-11-12-31(29,30)20-8-6-19(23)7-9-20/h2-4,6-9,13,18H,5,10-12,14H2,1H3,(H,24,28)/t18-/m0/s1. The SMILES string of the molecule is Cc1nnc2n1C[C@@H](c1cccc(C(=O)NCCS(=O)(=O)c3ccc(F)cc3)c1)CC2. The molecule has 1 aromatic heterocycles. The Kier molecular flexibility index (Phi) is 5.86. The van der Waals surface area contributed by atoms with E-state index in [0.29, 0.717) is 5.56 Å². The molecule has 2 aromatic carbocycles. The van der Waals surface area contributed by atoms with Crippen LogP contribution in [0.4, 0.5) is 4.39 Å². The van der Waals surface area contributed by atoms with Gasteiger partial charge in [-0.1, -0.05) is 12.1 Å². The fourth-order valence-corrected chi connectivity index (χ4v) is 4.99. The smallest absolute Gasteiger partial charge is 0.251 e. The number of amides is 1. The van der Waals surface area contributed by atoms with Gasteiger partial charge in [0.2, 0.25) is 0 Å². The van der Waals surface area contributed by atoms with Crippen LogP contribution in [0.2, 0.25) is 0 Å². The van der Waals surface area contributed by atoms with E-state index in [9.17, 15) is 17.6 Å².